The fourth-order valence-electron chi connectivity index (χ4n) is 0. The van der Waals surface area contributed by atoms with Crippen LogP contribution < -0.4 is 11.5 Å². The molecule has 0 atom stereocenters. The lowest BCUT2D eigenvalue weighted by Crippen LogP contribution is -2.18. The summed E-state index contributed by atoms with van der Waals surface area (Å²) in [5, 5.41) is 0.000000000000000222. The van der Waals surface area contributed by atoms with Crippen molar-refractivity contribution in [2.24, 2.45) is 11.5 Å². The van der Waals surface area contributed by atoms with Crippen molar-refractivity contribution >= 4 is 30.8 Å². The van der Waals surface area contributed by atoms with Gasteiger partial charge in [-0.05, 0) is 12.2 Å². The first-order valence-corrected chi connectivity index (χ1v) is 1.19. The van der Waals surface area contributed by atoms with E-state index in [1.165, 1.54) is 0 Å². The minimum Gasteiger partial charge on any atom is -0.377 e. The molecule has 0 aromatic heterocycles. The zero-order valence-electron chi connectivity index (χ0n) is 2.56. The molecule has 0 aliphatic carbocycles. The van der Waals surface area contributed by atoms with Crippen molar-refractivity contribution in [1.82, 2.24) is 0 Å². The Kier molecular flexibility index (Phi) is 7.19. The molecule has 0 heterocycles. The van der Waals surface area contributed by atoms with Gasteiger partial charge >= 0.3 is 0 Å². The molecule has 0 radical (unpaired) electrons. The fourth-order valence-corrected chi connectivity index (χ4v) is 0. The number of nitrogens with two attached hydrogens (primary N) is 2. The van der Waals surface area contributed by atoms with E-state index >= 15 is 0 Å². The summed E-state index contributed by atoms with van der Waals surface area (Å²) in [4.78, 5) is 0. The van der Waals surface area contributed by atoms with Gasteiger partial charge in [-0.15, -0.1) is 0 Å². The van der Waals surface area contributed by atoms with Crippen LogP contribution in [0.3, 0.4) is 0 Å². The molecule has 0 saturated heterocycles. The van der Waals surface area contributed by atoms with Gasteiger partial charge in [0.05, 0.1) is 0 Å². The molecule has 2 nitrogen and oxygen atoms in total. The molecule has 0 rings (SSSR count). The van der Waals surface area contributed by atoms with Gasteiger partial charge in [0, 0.05) is 0 Å². The Morgan fingerprint density at radius 2 is 1.40 bits per heavy atom. The van der Waals surface area contributed by atoms with Crippen LogP contribution in [-0.2, 0) is 0 Å². The van der Waals surface area contributed by atoms with Gasteiger partial charge in [-0.3, -0.25) is 0 Å². The van der Waals surface area contributed by atoms with Crippen molar-refractivity contribution in [3.8, 4) is 0 Å². The number of rotatable bonds is 0. The molecule has 0 spiro atoms. The van der Waals surface area contributed by atoms with Crippen molar-refractivity contribution in [2.45, 2.75) is 0 Å². The van der Waals surface area contributed by atoms with E-state index in [0.29, 0.717) is 0 Å². The minimum atomic E-state index is 0. The highest BCUT2D eigenvalue weighted by Gasteiger charge is 1.53. The molecule has 0 aromatic rings. The molecular formula is CH6N2S2. The lowest BCUT2D eigenvalue weighted by atomic mass is 11.3. The van der Waals surface area contributed by atoms with E-state index in [-0.39, 0.29) is 18.6 Å². The Labute approximate surface area is 43.0 Å². The predicted molar refractivity (Wildman–Crippen MR) is 31.4 cm³/mol. The highest BCUT2D eigenvalue weighted by molar-refractivity contribution is 7.80. The van der Waals surface area contributed by atoms with Crippen LogP contribution in [0.1, 0.15) is 0 Å². The summed E-state index contributed by atoms with van der Waals surface area (Å²) in [7, 11) is 0. The van der Waals surface area contributed by atoms with E-state index in [4.69, 9.17) is 0 Å². The zero-order valence-corrected chi connectivity index (χ0v) is 4.38. The lowest BCUT2D eigenvalue weighted by Gasteiger charge is -1.68. The van der Waals surface area contributed by atoms with Crippen LogP contribution >= 0.6 is 25.7 Å². The second kappa shape index (κ2) is 4.04. The second-order valence-corrected chi connectivity index (χ2v) is 0.874. The fraction of sp³-hybridized carbons (Fsp3) is 0. The first-order chi connectivity index (χ1) is 1.73. The number of hydrogen-bond donors (Lipinski definition) is 2. The Morgan fingerprint density at radius 1 is 1.40 bits per heavy atom. The summed E-state index contributed by atoms with van der Waals surface area (Å²) in [5.74, 6) is 0. The van der Waals surface area contributed by atoms with Gasteiger partial charge in [0.25, 0.3) is 0 Å². The Balaban J connectivity index is 0. The summed E-state index contributed by atoms with van der Waals surface area (Å²) < 4.78 is 0. The predicted octanol–water partition coefficient (Wildman–Crippen LogP) is -0.698. The largest absolute Gasteiger partial charge is 0.377 e. The number of thiocarbonyl (C=S) groups is 1. The van der Waals surface area contributed by atoms with E-state index in [1.54, 1.807) is 0 Å². The monoisotopic (exact) mass is 110 g/mol. The van der Waals surface area contributed by atoms with Gasteiger partial charge in [-0.1, -0.05) is 0 Å². The van der Waals surface area contributed by atoms with Crippen LogP contribution in [-0.4, -0.2) is 5.11 Å². The van der Waals surface area contributed by atoms with Gasteiger partial charge in [0.15, 0.2) is 5.11 Å². The summed E-state index contributed by atoms with van der Waals surface area (Å²) in [5.41, 5.74) is 9.24. The molecule has 32 valence electrons. The first-order valence-electron chi connectivity index (χ1n) is 0.781. The van der Waals surface area contributed by atoms with Gasteiger partial charge in [-0.2, -0.15) is 13.5 Å². The van der Waals surface area contributed by atoms with E-state index in [2.05, 4.69) is 23.7 Å². The van der Waals surface area contributed by atoms with Gasteiger partial charge in [-0.25, -0.2) is 0 Å². The van der Waals surface area contributed by atoms with Crippen molar-refractivity contribution < 1.29 is 0 Å². The summed E-state index contributed by atoms with van der Waals surface area (Å²) in [6.07, 6.45) is 0. The molecule has 0 unspecified atom stereocenters. The highest BCUT2D eigenvalue weighted by Crippen LogP contribution is 1.32. The lowest BCUT2D eigenvalue weighted by molar-refractivity contribution is 1.65. The van der Waals surface area contributed by atoms with E-state index in [1.807, 2.05) is 0 Å². The molecule has 0 bridgehead atoms. The average molecular weight is 110 g/mol. The summed E-state index contributed by atoms with van der Waals surface area (Å²) >= 11 is 4.09. The average Bonchev–Trinajstić information content (AvgIpc) is 0.811. The smallest absolute Gasteiger partial charge is 0.160 e. The summed E-state index contributed by atoms with van der Waals surface area (Å²) in [6.45, 7) is 0. The third-order valence-electron chi connectivity index (χ3n) is 0. The third-order valence-corrected chi connectivity index (χ3v) is 0. The van der Waals surface area contributed by atoms with Crippen molar-refractivity contribution in [3.63, 3.8) is 0 Å². The van der Waals surface area contributed by atoms with Crippen LogP contribution in [0.2, 0.25) is 0 Å². The standard InChI is InChI=1S/CH4N2S.H2S/c2-1(3)4;/h(H4,2,3,4);1H2. The van der Waals surface area contributed by atoms with E-state index < -0.39 is 0 Å². The Hall–Kier alpha value is 0.0400. The van der Waals surface area contributed by atoms with Gasteiger partial charge in [0.2, 0.25) is 0 Å². The Bertz CT molecular complexity index is 30.6. The van der Waals surface area contributed by atoms with E-state index in [9.17, 15) is 0 Å². The molecule has 0 saturated carbocycles. The van der Waals surface area contributed by atoms with Crippen molar-refractivity contribution in [3.05, 3.63) is 0 Å². The molecule has 0 fully saturated rings. The minimum absolute atomic E-state index is 0. The Morgan fingerprint density at radius 3 is 1.40 bits per heavy atom. The van der Waals surface area contributed by atoms with Crippen molar-refractivity contribution in [1.29, 1.82) is 0 Å². The molecule has 4 heteroatoms. The third kappa shape index (κ3) is 10500. The highest BCUT2D eigenvalue weighted by atomic mass is 32.1. The maximum absolute atomic E-state index is 4.62. The topological polar surface area (TPSA) is 52.0 Å². The normalized spacial score (nSPS) is 4.80. The van der Waals surface area contributed by atoms with Crippen LogP contribution in [0.25, 0.3) is 0 Å². The summed E-state index contributed by atoms with van der Waals surface area (Å²) in [6, 6.07) is 0. The zero-order chi connectivity index (χ0) is 3.58. The molecule has 0 amide bonds. The van der Waals surface area contributed by atoms with Crippen LogP contribution in [0.15, 0.2) is 0 Å². The SMILES string of the molecule is NC(N)=S.S. The van der Waals surface area contributed by atoms with E-state index in [0.717, 1.165) is 0 Å². The van der Waals surface area contributed by atoms with Gasteiger partial charge in [0.1, 0.15) is 0 Å². The molecular weight excluding hydrogens is 104 g/mol. The van der Waals surface area contributed by atoms with Crippen LogP contribution in [0.5, 0.6) is 0 Å². The van der Waals surface area contributed by atoms with Crippen molar-refractivity contribution in [2.75, 3.05) is 0 Å². The molecule has 4 N–H and O–H groups in total. The molecule has 5 heavy (non-hydrogen) atoms. The maximum Gasteiger partial charge on any atom is 0.160 e. The second-order valence-electron chi connectivity index (χ2n) is 0.402. The molecule has 0 aromatic carbocycles. The first kappa shape index (κ1) is 8.90. The molecule has 0 aliphatic rings. The van der Waals surface area contributed by atoms with Crippen LogP contribution in [0.4, 0.5) is 0 Å². The molecule has 0 aliphatic heterocycles. The maximum atomic E-state index is 4.62. The van der Waals surface area contributed by atoms with Crippen LogP contribution in [0, 0.1) is 0 Å². The van der Waals surface area contributed by atoms with Gasteiger partial charge < -0.3 is 11.5 Å². The quantitative estimate of drug-likeness (QED) is 0.405. The number of hydrogen-bond acceptors (Lipinski definition) is 1.